The predicted molar refractivity (Wildman–Crippen MR) is 169 cm³/mol. The standard InChI is InChI=1S/C33H47N3O4S/c1-3-4-5-6-7-8-9-10-11-13-16-26(34-2)33(39)35-30-25-18-17-24(37)23-27(25)40-32(31(30)38)28-19-20-29(41-28)36-21-14-12-15-22-36/h17-20,23,26,34,37-38H,3-16,21-22H2,1-2H3. The van der Waals surface area contributed by atoms with Crippen LogP contribution in [0.25, 0.3) is 21.6 Å². The van der Waals surface area contributed by atoms with Crippen LogP contribution < -0.4 is 15.6 Å². The third kappa shape index (κ3) is 8.58. The number of carbonyl (C=O) groups is 1. The number of phenols is 1. The van der Waals surface area contributed by atoms with Gasteiger partial charge in [-0.25, -0.2) is 4.99 Å². The number of hydrogen-bond acceptors (Lipinski definition) is 7. The number of piperidine rings is 1. The van der Waals surface area contributed by atoms with E-state index in [2.05, 4.69) is 28.2 Å². The number of fused-ring (bicyclic) bond motifs is 1. The van der Waals surface area contributed by atoms with Gasteiger partial charge in [0, 0.05) is 24.5 Å². The molecule has 7 nitrogen and oxygen atoms in total. The fourth-order valence-electron chi connectivity index (χ4n) is 5.61. The Morgan fingerprint density at radius 2 is 1.66 bits per heavy atom. The number of nitrogens with zero attached hydrogens (tertiary/aromatic N) is 2. The van der Waals surface area contributed by atoms with E-state index in [0.29, 0.717) is 17.4 Å². The molecule has 1 aliphatic heterocycles. The zero-order chi connectivity index (χ0) is 29.0. The summed E-state index contributed by atoms with van der Waals surface area (Å²) in [5, 5.41) is 26.4. The number of rotatable bonds is 15. The largest absolute Gasteiger partial charge is 0.508 e. The quantitative estimate of drug-likeness (QED) is 0.158. The van der Waals surface area contributed by atoms with Gasteiger partial charge in [-0.2, -0.15) is 0 Å². The molecule has 0 radical (unpaired) electrons. The lowest BCUT2D eigenvalue weighted by Gasteiger charge is -2.27. The number of anilines is 1. The van der Waals surface area contributed by atoms with Gasteiger partial charge < -0.3 is 24.8 Å². The van der Waals surface area contributed by atoms with Crippen LogP contribution in [0.1, 0.15) is 96.8 Å². The Morgan fingerprint density at radius 1 is 0.976 bits per heavy atom. The molecule has 0 spiro atoms. The summed E-state index contributed by atoms with van der Waals surface area (Å²) in [6, 6.07) is 8.21. The van der Waals surface area contributed by atoms with Crippen molar-refractivity contribution >= 4 is 33.2 Å². The Morgan fingerprint density at radius 3 is 2.34 bits per heavy atom. The minimum atomic E-state index is -0.427. The second kappa shape index (κ2) is 16.0. The van der Waals surface area contributed by atoms with E-state index >= 15 is 0 Å². The number of amides is 1. The fourth-order valence-corrected chi connectivity index (χ4v) is 6.65. The highest BCUT2D eigenvalue weighted by Crippen LogP contribution is 2.39. The smallest absolute Gasteiger partial charge is 0.263 e. The molecule has 0 saturated carbocycles. The lowest BCUT2D eigenvalue weighted by molar-refractivity contribution is -0.120. The zero-order valence-electron chi connectivity index (χ0n) is 24.8. The van der Waals surface area contributed by atoms with Crippen molar-refractivity contribution in [1.82, 2.24) is 5.32 Å². The van der Waals surface area contributed by atoms with Crippen LogP contribution in [0, 0.1) is 0 Å². The van der Waals surface area contributed by atoms with Gasteiger partial charge in [-0.05, 0) is 57.0 Å². The SMILES string of the molecule is CCCCCCCCCCCCC(NC)C(=O)N=c1c(O)c(-c2ccc(N3CCCCC3)s2)oc2cc(O)ccc12. The Balaban J connectivity index is 1.48. The molecule has 4 rings (SSSR count). The van der Waals surface area contributed by atoms with Crippen LogP contribution in [0.5, 0.6) is 11.5 Å². The third-order valence-electron chi connectivity index (χ3n) is 8.07. The number of phenolic OH excluding ortho intramolecular Hbond substituents is 1. The first-order chi connectivity index (χ1) is 20.0. The molecule has 0 bridgehead atoms. The third-order valence-corrected chi connectivity index (χ3v) is 9.21. The molecule has 3 aromatic rings. The first-order valence-corrected chi connectivity index (χ1v) is 16.4. The molecule has 41 heavy (non-hydrogen) atoms. The summed E-state index contributed by atoms with van der Waals surface area (Å²) < 4.78 is 6.10. The number of thiophene rings is 1. The van der Waals surface area contributed by atoms with E-state index in [4.69, 9.17) is 4.42 Å². The second-order valence-corrected chi connectivity index (χ2v) is 12.3. The van der Waals surface area contributed by atoms with E-state index in [9.17, 15) is 15.0 Å². The summed E-state index contributed by atoms with van der Waals surface area (Å²) in [5.41, 5.74) is 0.368. The Hall–Kier alpha value is -2.84. The molecule has 1 fully saturated rings. The molecule has 2 aromatic heterocycles. The molecule has 1 aliphatic rings. The molecule has 1 amide bonds. The van der Waals surface area contributed by atoms with E-state index in [1.165, 1.54) is 82.8 Å². The van der Waals surface area contributed by atoms with Crippen molar-refractivity contribution in [3.05, 3.63) is 35.7 Å². The molecule has 1 aromatic carbocycles. The number of carbonyl (C=O) groups excluding carboxylic acids is 1. The Labute approximate surface area is 248 Å². The minimum absolute atomic E-state index is 0.0458. The lowest BCUT2D eigenvalue weighted by atomic mass is 10.0. The molecule has 1 atom stereocenters. The van der Waals surface area contributed by atoms with Crippen molar-refractivity contribution < 1.29 is 19.4 Å². The van der Waals surface area contributed by atoms with E-state index in [0.717, 1.165) is 35.8 Å². The van der Waals surface area contributed by atoms with Crippen LogP contribution in [0.2, 0.25) is 0 Å². The topological polar surface area (TPSA) is 98.3 Å². The summed E-state index contributed by atoms with van der Waals surface area (Å²) in [6.07, 6.45) is 16.7. The van der Waals surface area contributed by atoms with Gasteiger partial charge in [0.25, 0.3) is 5.91 Å². The van der Waals surface area contributed by atoms with Gasteiger partial charge in [-0.1, -0.05) is 71.1 Å². The van der Waals surface area contributed by atoms with Gasteiger partial charge in [0.1, 0.15) is 16.7 Å². The summed E-state index contributed by atoms with van der Waals surface area (Å²) in [5.74, 6) is -0.161. The van der Waals surface area contributed by atoms with Gasteiger partial charge in [0.15, 0.2) is 11.5 Å². The second-order valence-electron chi connectivity index (χ2n) is 11.3. The van der Waals surface area contributed by atoms with Gasteiger partial charge >= 0.3 is 0 Å². The summed E-state index contributed by atoms with van der Waals surface area (Å²) in [6.45, 7) is 4.29. The molecule has 1 unspecified atom stereocenters. The summed E-state index contributed by atoms with van der Waals surface area (Å²) >= 11 is 1.55. The average molecular weight is 582 g/mol. The van der Waals surface area contributed by atoms with Crippen molar-refractivity contribution in [2.75, 3.05) is 25.0 Å². The van der Waals surface area contributed by atoms with Crippen LogP contribution in [0.3, 0.4) is 0 Å². The average Bonchev–Trinajstić information content (AvgIpc) is 3.48. The van der Waals surface area contributed by atoms with Crippen molar-refractivity contribution in [3.8, 4) is 22.1 Å². The Kier molecular flexibility index (Phi) is 12.1. The zero-order valence-corrected chi connectivity index (χ0v) is 25.6. The van der Waals surface area contributed by atoms with Crippen LogP contribution in [-0.4, -0.2) is 42.3 Å². The number of nitrogens with one attached hydrogen (secondary N) is 1. The van der Waals surface area contributed by atoms with E-state index < -0.39 is 6.04 Å². The fraction of sp³-hybridized carbons (Fsp3) is 0.576. The van der Waals surface area contributed by atoms with Crippen LogP contribution in [0.15, 0.2) is 39.7 Å². The summed E-state index contributed by atoms with van der Waals surface area (Å²) in [7, 11) is 1.78. The molecule has 8 heteroatoms. The summed E-state index contributed by atoms with van der Waals surface area (Å²) in [4.78, 5) is 20.9. The highest BCUT2D eigenvalue weighted by molar-refractivity contribution is 7.19. The predicted octanol–water partition coefficient (Wildman–Crippen LogP) is 7.89. The number of hydrogen-bond donors (Lipinski definition) is 3. The first kappa shape index (κ1) is 31.1. The maximum absolute atomic E-state index is 13.3. The van der Waals surface area contributed by atoms with Crippen molar-refractivity contribution in [2.45, 2.75) is 103 Å². The Bertz CT molecular complexity index is 1330. The van der Waals surface area contributed by atoms with Gasteiger partial charge in [0.2, 0.25) is 0 Å². The molecule has 1 saturated heterocycles. The molecular weight excluding hydrogens is 534 g/mol. The maximum Gasteiger partial charge on any atom is 0.263 e. The van der Waals surface area contributed by atoms with E-state index in [-0.39, 0.29) is 28.5 Å². The number of unbranched alkanes of at least 4 members (excludes halogenated alkanes) is 9. The molecule has 0 aliphatic carbocycles. The van der Waals surface area contributed by atoms with Crippen molar-refractivity contribution in [1.29, 1.82) is 0 Å². The number of benzene rings is 1. The van der Waals surface area contributed by atoms with Gasteiger partial charge in [-0.3, -0.25) is 4.79 Å². The number of aromatic hydroxyl groups is 2. The van der Waals surface area contributed by atoms with Crippen LogP contribution in [0.4, 0.5) is 5.00 Å². The van der Waals surface area contributed by atoms with Crippen LogP contribution in [-0.2, 0) is 4.79 Å². The lowest BCUT2D eigenvalue weighted by Crippen LogP contribution is -2.34. The van der Waals surface area contributed by atoms with Gasteiger partial charge in [0.05, 0.1) is 15.9 Å². The molecular formula is C33H47N3O4S. The first-order valence-electron chi connectivity index (χ1n) is 15.6. The molecule has 3 heterocycles. The highest BCUT2D eigenvalue weighted by Gasteiger charge is 2.21. The van der Waals surface area contributed by atoms with Crippen LogP contribution >= 0.6 is 11.3 Å². The van der Waals surface area contributed by atoms with E-state index in [1.807, 2.05) is 6.07 Å². The van der Waals surface area contributed by atoms with Gasteiger partial charge in [-0.15, -0.1) is 11.3 Å². The molecule has 224 valence electrons. The monoisotopic (exact) mass is 581 g/mol. The highest BCUT2D eigenvalue weighted by atomic mass is 32.1. The van der Waals surface area contributed by atoms with Crippen molar-refractivity contribution in [3.63, 3.8) is 0 Å². The minimum Gasteiger partial charge on any atom is -0.508 e. The molecule has 3 N–H and O–H groups in total. The number of likely N-dealkylation sites (N-methyl/N-ethyl adjacent to an activating group) is 1. The van der Waals surface area contributed by atoms with E-state index in [1.54, 1.807) is 24.5 Å². The van der Waals surface area contributed by atoms with Crippen molar-refractivity contribution in [2.24, 2.45) is 4.99 Å². The maximum atomic E-state index is 13.3. The normalized spacial score (nSPS) is 15.1.